The van der Waals surface area contributed by atoms with Crippen LogP contribution in [0.2, 0.25) is 0 Å². The van der Waals surface area contributed by atoms with Gasteiger partial charge in [0.05, 0.1) is 0 Å². The summed E-state index contributed by atoms with van der Waals surface area (Å²) in [5.41, 5.74) is -0.764. The van der Waals surface area contributed by atoms with Crippen LogP contribution < -0.4 is 5.32 Å². The van der Waals surface area contributed by atoms with Crippen LogP contribution in [-0.2, 0) is 9.59 Å². The largest absolute Gasteiger partial charge is 0.351 e. The van der Waals surface area contributed by atoms with E-state index in [9.17, 15) is 9.59 Å². The van der Waals surface area contributed by atoms with Gasteiger partial charge in [-0.15, -0.1) is 0 Å². The Labute approximate surface area is 124 Å². The van der Waals surface area contributed by atoms with Crippen molar-refractivity contribution in [1.29, 1.82) is 0 Å². The molecule has 0 unspecified atom stereocenters. The zero-order valence-corrected chi connectivity index (χ0v) is 14.7. The van der Waals surface area contributed by atoms with E-state index in [0.29, 0.717) is 0 Å². The summed E-state index contributed by atoms with van der Waals surface area (Å²) in [7, 11) is 0. The highest BCUT2D eigenvalue weighted by Crippen LogP contribution is 2.26. The average Bonchev–Trinajstić information content (AvgIpc) is 2.06. The van der Waals surface area contributed by atoms with Gasteiger partial charge in [0, 0.05) is 29.5 Å². The maximum atomic E-state index is 12.5. The van der Waals surface area contributed by atoms with Gasteiger partial charge in [0.2, 0.25) is 11.8 Å². The Bertz CT molecular complexity index is 340. The first-order valence-electron chi connectivity index (χ1n) is 7.29. The molecule has 2 amide bonds. The molecule has 0 aliphatic heterocycles. The minimum Gasteiger partial charge on any atom is -0.351 e. The van der Waals surface area contributed by atoms with Gasteiger partial charge in [0.1, 0.15) is 0 Å². The van der Waals surface area contributed by atoms with Gasteiger partial charge < -0.3 is 10.2 Å². The SMILES string of the molecule is CC(C)(C)NC(=O)CCC(=O)N(C(C)(C)C)C(C)(C)C. The number of carbonyl (C=O) groups is 2. The number of rotatable bonds is 3. The van der Waals surface area contributed by atoms with E-state index in [1.165, 1.54) is 0 Å². The average molecular weight is 284 g/mol. The molecular weight excluding hydrogens is 252 g/mol. The van der Waals surface area contributed by atoms with Crippen LogP contribution in [0.15, 0.2) is 0 Å². The summed E-state index contributed by atoms with van der Waals surface area (Å²) in [4.78, 5) is 26.1. The molecule has 0 fully saturated rings. The lowest BCUT2D eigenvalue weighted by atomic mass is 9.95. The summed E-state index contributed by atoms with van der Waals surface area (Å²) in [6.07, 6.45) is 0.481. The Hall–Kier alpha value is -1.06. The van der Waals surface area contributed by atoms with Crippen LogP contribution in [0.5, 0.6) is 0 Å². The second-order valence-electron chi connectivity index (χ2n) is 8.37. The highest BCUT2D eigenvalue weighted by Gasteiger charge is 2.35. The lowest BCUT2D eigenvalue weighted by molar-refractivity contribution is -0.144. The number of nitrogens with one attached hydrogen (secondary N) is 1. The highest BCUT2D eigenvalue weighted by molar-refractivity contribution is 5.84. The Kier molecular flexibility index (Phi) is 5.82. The minimum absolute atomic E-state index is 0.0223. The molecule has 20 heavy (non-hydrogen) atoms. The molecule has 0 aromatic rings. The molecule has 0 atom stereocenters. The maximum absolute atomic E-state index is 12.5. The molecule has 118 valence electrons. The van der Waals surface area contributed by atoms with Crippen LogP contribution in [0.25, 0.3) is 0 Å². The quantitative estimate of drug-likeness (QED) is 0.865. The zero-order valence-electron chi connectivity index (χ0n) is 14.7. The van der Waals surface area contributed by atoms with Crippen molar-refractivity contribution in [2.24, 2.45) is 0 Å². The van der Waals surface area contributed by atoms with Crippen LogP contribution >= 0.6 is 0 Å². The second kappa shape index (κ2) is 6.15. The highest BCUT2D eigenvalue weighted by atomic mass is 16.2. The first-order chi connectivity index (χ1) is 8.64. The van der Waals surface area contributed by atoms with Gasteiger partial charge in [-0.05, 0) is 62.3 Å². The summed E-state index contributed by atoms with van der Waals surface area (Å²) in [5.74, 6) is -0.0531. The third-order valence-corrected chi connectivity index (χ3v) is 2.67. The van der Waals surface area contributed by atoms with E-state index in [-0.39, 0.29) is 41.3 Å². The predicted octanol–water partition coefficient (Wildman–Crippen LogP) is 3.11. The molecule has 0 aromatic carbocycles. The third-order valence-electron chi connectivity index (χ3n) is 2.67. The van der Waals surface area contributed by atoms with Gasteiger partial charge in [-0.25, -0.2) is 0 Å². The fourth-order valence-corrected chi connectivity index (χ4v) is 2.57. The molecule has 0 rings (SSSR count). The first kappa shape index (κ1) is 18.9. The Morgan fingerprint density at radius 1 is 0.800 bits per heavy atom. The number of hydrogen-bond donors (Lipinski definition) is 1. The lowest BCUT2D eigenvalue weighted by Crippen LogP contribution is -2.55. The normalized spacial score (nSPS) is 13.1. The van der Waals surface area contributed by atoms with Crippen LogP contribution in [0, 0.1) is 0 Å². The van der Waals surface area contributed by atoms with Crippen molar-refractivity contribution in [2.75, 3.05) is 0 Å². The molecule has 0 aliphatic carbocycles. The molecule has 4 nitrogen and oxygen atoms in total. The van der Waals surface area contributed by atoms with Crippen LogP contribution in [0.4, 0.5) is 0 Å². The standard InChI is InChI=1S/C16H32N2O2/c1-14(2,3)17-12(19)10-11-13(20)18(15(4,5)6)16(7,8)9/h10-11H2,1-9H3,(H,17,19). The van der Waals surface area contributed by atoms with Crippen LogP contribution in [-0.4, -0.2) is 33.3 Å². The molecule has 0 saturated heterocycles. The van der Waals surface area contributed by atoms with E-state index in [2.05, 4.69) is 5.32 Å². The van der Waals surface area contributed by atoms with E-state index in [4.69, 9.17) is 0 Å². The number of amides is 2. The van der Waals surface area contributed by atoms with Gasteiger partial charge in [0.15, 0.2) is 0 Å². The molecule has 0 spiro atoms. The van der Waals surface area contributed by atoms with E-state index in [1.54, 1.807) is 0 Å². The molecule has 0 aliphatic rings. The maximum Gasteiger partial charge on any atom is 0.223 e. The molecule has 0 aromatic heterocycles. The monoisotopic (exact) mass is 284 g/mol. The van der Waals surface area contributed by atoms with Gasteiger partial charge in [-0.2, -0.15) is 0 Å². The van der Waals surface area contributed by atoms with E-state index >= 15 is 0 Å². The molecular formula is C16H32N2O2. The van der Waals surface area contributed by atoms with Crippen molar-refractivity contribution < 1.29 is 9.59 Å². The number of hydrogen-bond acceptors (Lipinski definition) is 2. The lowest BCUT2D eigenvalue weighted by Gasteiger charge is -2.45. The Morgan fingerprint density at radius 2 is 1.20 bits per heavy atom. The van der Waals surface area contributed by atoms with Crippen molar-refractivity contribution in [3.8, 4) is 0 Å². The topological polar surface area (TPSA) is 49.4 Å². The van der Waals surface area contributed by atoms with Gasteiger partial charge in [0.25, 0.3) is 0 Å². The Morgan fingerprint density at radius 3 is 1.50 bits per heavy atom. The van der Waals surface area contributed by atoms with Crippen molar-refractivity contribution in [2.45, 2.75) is 91.8 Å². The van der Waals surface area contributed by atoms with Crippen molar-refractivity contribution >= 4 is 11.8 Å². The smallest absolute Gasteiger partial charge is 0.223 e. The number of nitrogens with zero attached hydrogens (tertiary/aromatic N) is 1. The summed E-state index contributed by atoms with van der Waals surface area (Å²) >= 11 is 0. The second-order valence-corrected chi connectivity index (χ2v) is 8.37. The Balaban J connectivity index is 4.70. The molecule has 0 radical (unpaired) electrons. The molecule has 1 N–H and O–H groups in total. The summed E-state index contributed by atoms with van der Waals surface area (Å²) in [5, 5.41) is 2.88. The number of carbonyl (C=O) groups excluding carboxylic acids is 2. The summed E-state index contributed by atoms with van der Waals surface area (Å²) < 4.78 is 0. The third kappa shape index (κ3) is 6.92. The van der Waals surface area contributed by atoms with Gasteiger partial charge in [-0.3, -0.25) is 9.59 Å². The van der Waals surface area contributed by atoms with Crippen molar-refractivity contribution in [3.05, 3.63) is 0 Å². The predicted molar refractivity (Wildman–Crippen MR) is 83.5 cm³/mol. The van der Waals surface area contributed by atoms with Crippen molar-refractivity contribution in [3.63, 3.8) is 0 Å². The molecule has 0 heterocycles. The summed E-state index contributed by atoms with van der Waals surface area (Å²) in [6, 6.07) is 0. The zero-order chi connectivity index (χ0) is 16.4. The van der Waals surface area contributed by atoms with Crippen LogP contribution in [0.1, 0.15) is 75.2 Å². The molecule has 0 saturated carbocycles. The van der Waals surface area contributed by atoms with Crippen LogP contribution in [0.3, 0.4) is 0 Å². The van der Waals surface area contributed by atoms with Crippen molar-refractivity contribution in [1.82, 2.24) is 10.2 Å². The molecule has 4 heteroatoms. The summed E-state index contributed by atoms with van der Waals surface area (Å²) in [6.45, 7) is 17.9. The fraction of sp³-hybridized carbons (Fsp3) is 0.875. The van der Waals surface area contributed by atoms with Gasteiger partial charge in [-0.1, -0.05) is 0 Å². The van der Waals surface area contributed by atoms with E-state index in [0.717, 1.165) is 0 Å². The first-order valence-corrected chi connectivity index (χ1v) is 7.29. The van der Waals surface area contributed by atoms with E-state index in [1.807, 2.05) is 67.2 Å². The van der Waals surface area contributed by atoms with Gasteiger partial charge >= 0.3 is 0 Å². The van der Waals surface area contributed by atoms with E-state index < -0.39 is 0 Å². The minimum atomic E-state index is -0.256. The fourth-order valence-electron chi connectivity index (χ4n) is 2.57. The molecule has 0 bridgehead atoms.